The predicted octanol–water partition coefficient (Wildman–Crippen LogP) is 4.60. The molecule has 0 saturated heterocycles. The minimum Gasteiger partial charge on any atom is -0.0473 e. The summed E-state index contributed by atoms with van der Waals surface area (Å²) in [6.07, 6.45) is 13.7. The maximum atomic E-state index is 1.75. The van der Waals surface area contributed by atoms with Gasteiger partial charge < -0.3 is 0 Å². The van der Waals surface area contributed by atoms with Crippen molar-refractivity contribution in [2.45, 2.75) is 51.4 Å². The summed E-state index contributed by atoms with van der Waals surface area (Å²) in [5.74, 6) is 14.8. The van der Waals surface area contributed by atoms with Crippen LogP contribution in [-0.2, 0) is 0 Å². The van der Waals surface area contributed by atoms with Crippen LogP contribution in [0.3, 0.4) is 0 Å². The summed E-state index contributed by atoms with van der Waals surface area (Å²) in [5.41, 5.74) is 1.96. The molecule has 116 valence electrons. The highest BCUT2D eigenvalue weighted by atomic mass is 15.0. The van der Waals surface area contributed by atoms with Gasteiger partial charge in [0.2, 0.25) is 0 Å². The van der Waals surface area contributed by atoms with Crippen molar-refractivity contribution in [1.82, 2.24) is 0 Å². The first-order valence-corrected chi connectivity index (χ1v) is 10.8. The molecule has 10 bridgehead atoms. The van der Waals surface area contributed by atoms with Crippen molar-refractivity contribution in [3.63, 3.8) is 0 Å². The Labute approximate surface area is 133 Å². The second-order valence-electron chi connectivity index (χ2n) is 11.8. The third-order valence-electron chi connectivity index (χ3n) is 12.5. The number of rotatable bonds is 0. The smallest absolute Gasteiger partial charge is 0.0134 e. The van der Waals surface area contributed by atoms with E-state index in [2.05, 4.69) is 0 Å². The third-order valence-corrected chi connectivity index (χ3v) is 12.5. The second-order valence-corrected chi connectivity index (χ2v) is 11.8. The molecule has 0 aliphatic heterocycles. The summed E-state index contributed by atoms with van der Waals surface area (Å²) in [6.45, 7) is 0. The van der Waals surface area contributed by atoms with Gasteiger partial charge in [-0.3, -0.25) is 0 Å². The normalized spacial score (nSPS) is 85.1. The molecule has 14 atom stereocenters. The van der Waals surface area contributed by atoms with Gasteiger partial charge in [0.05, 0.1) is 0 Å². The van der Waals surface area contributed by atoms with Gasteiger partial charge in [-0.2, -0.15) is 0 Å². The predicted molar refractivity (Wildman–Crippen MR) is 83.7 cm³/mol. The van der Waals surface area contributed by atoms with Gasteiger partial charge in [0.1, 0.15) is 0 Å². The van der Waals surface area contributed by atoms with Gasteiger partial charge in [0.15, 0.2) is 0 Å². The van der Waals surface area contributed by atoms with Crippen LogP contribution >= 0.6 is 0 Å². The molecule has 10 saturated carbocycles. The van der Waals surface area contributed by atoms with E-state index in [1.54, 1.807) is 51.4 Å². The van der Waals surface area contributed by atoms with Crippen LogP contribution in [-0.4, -0.2) is 0 Å². The first-order chi connectivity index (χ1) is 10.8. The standard InChI is InChI=1S/C22H28/c1-9-2-18-13-7-14-11(3-10(1)13)4-15-16-5-12-6-17(15)21(8-9)20(12)22(18,21)19(14)16/h9-20H,1-8H2. The minimum atomic E-state index is 0.970. The molecule has 0 aromatic heterocycles. The maximum Gasteiger partial charge on any atom is -0.0134 e. The molecule has 14 unspecified atom stereocenters. The van der Waals surface area contributed by atoms with Crippen molar-refractivity contribution < 1.29 is 0 Å². The largest absolute Gasteiger partial charge is 0.0473 e. The lowest BCUT2D eigenvalue weighted by atomic mass is 9.31. The van der Waals surface area contributed by atoms with Gasteiger partial charge in [-0.05, 0) is 133 Å². The maximum absolute atomic E-state index is 1.75. The molecule has 2 spiro atoms. The van der Waals surface area contributed by atoms with Crippen molar-refractivity contribution in [3.8, 4) is 0 Å². The zero-order valence-electron chi connectivity index (χ0n) is 13.6. The van der Waals surface area contributed by atoms with E-state index in [1.165, 1.54) is 71.0 Å². The zero-order valence-corrected chi connectivity index (χ0v) is 13.6. The molecule has 0 aromatic carbocycles. The van der Waals surface area contributed by atoms with Crippen molar-refractivity contribution in [1.29, 1.82) is 0 Å². The van der Waals surface area contributed by atoms with E-state index in [0.717, 1.165) is 10.8 Å². The molecule has 0 heteroatoms. The monoisotopic (exact) mass is 292 g/mol. The molecule has 0 radical (unpaired) electrons. The fourth-order valence-electron chi connectivity index (χ4n) is 13.4. The average molecular weight is 292 g/mol. The Morgan fingerprint density at radius 1 is 0.591 bits per heavy atom. The van der Waals surface area contributed by atoms with Crippen LogP contribution in [0.1, 0.15) is 51.4 Å². The summed E-state index contributed by atoms with van der Waals surface area (Å²) in [6, 6.07) is 0. The Morgan fingerprint density at radius 3 is 2.50 bits per heavy atom. The molecule has 10 fully saturated rings. The first kappa shape index (κ1) is 10.8. The van der Waals surface area contributed by atoms with Crippen molar-refractivity contribution in [2.75, 3.05) is 0 Å². The molecule has 0 amide bonds. The summed E-state index contributed by atoms with van der Waals surface area (Å²) in [4.78, 5) is 0. The number of hydrogen-bond donors (Lipinski definition) is 0. The van der Waals surface area contributed by atoms with Crippen LogP contribution in [0, 0.1) is 81.8 Å². The fourth-order valence-corrected chi connectivity index (χ4v) is 13.4. The van der Waals surface area contributed by atoms with Crippen LogP contribution in [0.4, 0.5) is 0 Å². The summed E-state index contributed by atoms with van der Waals surface area (Å²) in [7, 11) is 0. The molecule has 10 aliphatic rings. The van der Waals surface area contributed by atoms with E-state index < -0.39 is 0 Å². The zero-order chi connectivity index (χ0) is 13.6. The second kappa shape index (κ2) is 2.68. The SMILES string of the molecule is C1C2CC3C4CC5C(CC14)CC1C4CC6CC1C1(C2)C6C31C54. The van der Waals surface area contributed by atoms with Crippen molar-refractivity contribution >= 4 is 0 Å². The van der Waals surface area contributed by atoms with E-state index >= 15 is 0 Å². The highest BCUT2D eigenvalue weighted by molar-refractivity contribution is 5.43. The Balaban J connectivity index is 1.44. The van der Waals surface area contributed by atoms with Gasteiger partial charge in [-0.1, -0.05) is 0 Å². The lowest BCUT2D eigenvalue weighted by molar-refractivity contribution is -0.258. The van der Waals surface area contributed by atoms with Crippen molar-refractivity contribution in [3.05, 3.63) is 0 Å². The van der Waals surface area contributed by atoms with Gasteiger partial charge in [0, 0.05) is 0 Å². The van der Waals surface area contributed by atoms with E-state index in [4.69, 9.17) is 0 Å². The third kappa shape index (κ3) is 0.694. The first-order valence-electron chi connectivity index (χ1n) is 10.8. The van der Waals surface area contributed by atoms with Gasteiger partial charge in [0.25, 0.3) is 0 Å². The lowest BCUT2D eigenvalue weighted by Gasteiger charge is -2.74. The molecule has 22 heavy (non-hydrogen) atoms. The van der Waals surface area contributed by atoms with Crippen LogP contribution in [0.25, 0.3) is 0 Å². The van der Waals surface area contributed by atoms with Crippen LogP contribution in [0.15, 0.2) is 0 Å². The molecular formula is C22H28. The number of fused-ring (bicyclic) bond motifs is 1. The van der Waals surface area contributed by atoms with Crippen LogP contribution in [0.5, 0.6) is 0 Å². The molecular weight excluding hydrogens is 264 g/mol. The Morgan fingerprint density at radius 2 is 1.50 bits per heavy atom. The summed E-state index contributed by atoms with van der Waals surface area (Å²) in [5, 5.41) is 0. The highest BCUT2D eigenvalue weighted by Crippen LogP contribution is 3.00. The van der Waals surface area contributed by atoms with E-state index in [9.17, 15) is 0 Å². The Hall–Kier alpha value is 0. The topological polar surface area (TPSA) is 0 Å². The Kier molecular flexibility index (Phi) is 1.31. The number of hydrogen-bond acceptors (Lipinski definition) is 0. The fraction of sp³-hybridized carbons (Fsp3) is 1.00. The average Bonchev–Trinajstić information content (AvgIpc) is 3.07. The molecule has 0 N–H and O–H groups in total. The van der Waals surface area contributed by atoms with Crippen molar-refractivity contribution in [2.24, 2.45) is 81.8 Å². The summed E-state index contributed by atoms with van der Waals surface area (Å²) < 4.78 is 0. The highest BCUT2D eigenvalue weighted by Gasteiger charge is 2.96. The lowest BCUT2D eigenvalue weighted by Crippen LogP contribution is -2.68. The van der Waals surface area contributed by atoms with E-state index in [-0.39, 0.29) is 0 Å². The van der Waals surface area contributed by atoms with Crippen LogP contribution < -0.4 is 0 Å². The summed E-state index contributed by atoms with van der Waals surface area (Å²) >= 11 is 0. The molecule has 10 rings (SSSR count). The molecule has 10 aliphatic carbocycles. The van der Waals surface area contributed by atoms with Gasteiger partial charge in [-0.25, -0.2) is 0 Å². The van der Waals surface area contributed by atoms with Gasteiger partial charge >= 0.3 is 0 Å². The van der Waals surface area contributed by atoms with Crippen LogP contribution in [0.2, 0.25) is 0 Å². The Bertz CT molecular complexity index is 650. The van der Waals surface area contributed by atoms with E-state index in [1.807, 2.05) is 0 Å². The molecule has 0 aromatic rings. The van der Waals surface area contributed by atoms with Gasteiger partial charge in [-0.15, -0.1) is 0 Å². The minimum absolute atomic E-state index is 0.970. The van der Waals surface area contributed by atoms with E-state index in [0.29, 0.717) is 0 Å². The molecule has 0 nitrogen and oxygen atoms in total. The molecule has 0 heterocycles. The quantitative estimate of drug-likeness (QED) is 0.612.